The lowest BCUT2D eigenvalue weighted by molar-refractivity contribution is 1.34. The maximum absolute atomic E-state index is 5.95. The first-order valence-corrected chi connectivity index (χ1v) is 6.00. The molecule has 2 aromatic carbocycles. The molecule has 0 saturated carbocycles. The van der Waals surface area contributed by atoms with E-state index in [-0.39, 0.29) is 0 Å². The molecular weight excluding hydrogens is 239 g/mol. The largest absolute Gasteiger partial charge is 0.133 e. The standard InChI is InChI=1S/C14H12Cl2/c1-10-6-8-11(9-7-10)12-4-2-3-5-13(12)14(15)16/h2-9,14H,1H3. The SMILES string of the molecule is Cc1ccc(-c2ccccc2C(Cl)Cl)cc1. The molecule has 0 radical (unpaired) electrons. The molecule has 0 aliphatic heterocycles. The number of halogens is 2. The molecule has 2 aromatic rings. The van der Waals surface area contributed by atoms with Crippen LogP contribution in [0.4, 0.5) is 0 Å². The van der Waals surface area contributed by atoms with Crippen molar-refractivity contribution in [3.63, 3.8) is 0 Å². The number of aryl methyl sites for hydroxylation is 1. The van der Waals surface area contributed by atoms with Gasteiger partial charge in [-0.3, -0.25) is 0 Å². The van der Waals surface area contributed by atoms with Crippen molar-refractivity contribution in [2.45, 2.75) is 11.8 Å². The van der Waals surface area contributed by atoms with Gasteiger partial charge in [0, 0.05) is 0 Å². The lowest BCUT2D eigenvalue weighted by atomic mass is 10.00. The van der Waals surface area contributed by atoms with E-state index in [1.165, 1.54) is 5.56 Å². The molecule has 82 valence electrons. The minimum Gasteiger partial charge on any atom is -0.100 e. The highest BCUT2D eigenvalue weighted by molar-refractivity contribution is 6.44. The Morgan fingerprint density at radius 1 is 0.875 bits per heavy atom. The zero-order chi connectivity index (χ0) is 11.5. The predicted octanol–water partition coefficient (Wildman–Crippen LogP) is 5.14. The van der Waals surface area contributed by atoms with Crippen LogP contribution in [-0.2, 0) is 0 Å². The maximum Gasteiger partial charge on any atom is 0.133 e. The molecule has 0 aromatic heterocycles. The van der Waals surface area contributed by atoms with E-state index < -0.39 is 4.84 Å². The second-order valence-electron chi connectivity index (χ2n) is 3.75. The third kappa shape index (κ3) is 2.40. The van der Waals surface area contributed by atoms with Crippen molar-refractivity contribution in [3.8, 4) is 11.1 Å². The van der Waals surface area contributed by atoms with Gasteiger partial charge in [0.15, 0.2) is 0 Å². The highest BCUT2D eigenvalue weighted by Gasteiger charge is 2.09. The number of alkyl halides is 2. The van der Waals surface area contributed by atoms with Crippen LogP contribution in [0.5, 0.6) is 0 Å². The minimum atomic E-state index is -0.488. The van der Waals surface area contributed by atoms with Crippen LogP contribution in [0.3, 0.4) is 0 Å². The molecule has 0 N–H and O–H groups in total. The molecule has 0 nitrogen and oxygen atoms in total. The van der Waals surface area contributed by atoms with Gasteiger partial charge in [-0.05, 0) is 23.6 Å². The molecule has 16 heavy (non-hydrogen) atoms. The molecular formula is C14H12Cl2. The Kier molecular flexibility index (Phi) is 3.52. The highest BCUT2D eigenvalue weighted by atomic mass is 35.5. The fourth-order valence-electron chi connectivity index (χ4n) is 1.68. The molecule has 0 atom stereocenters. The normalized spacial score (nSPS) is 10.8. The van der Waals surface area contributed by atoms with Gasteiger partial charge in [0.2, 0.25) is 0 Å². The second-order valence-corrected chi connectivity index (χ2v) is 4.85. The van der Waals surface area contributed by atoms with Crippen molar-refractivity contribution in [1.29, 1.82) is 0 Å². The van der Waals surface area contributed by atoms with Crippen LogP contribution in [0, 0.1) is 6.92 Å². The van der Waals surface area contributed by atoms with Crippen molar-refractivity contribution in [1.82, 2.24) is 0 Å². The van der Waals surface area contributed by atoms with Crippen LogP contribution in [0.2, 0.25) is 0 Å². The van der Waals surface area contributed by atoms with Crippen molar-refractivity contribution >= 4 is 23.2 Å². The van der Waals surface area contributed by atoms with Gasteiger partial charge in [-0.2, -0.15) is 0 Å². The van der Waals surface area contributed by atoms with Crippen molar-refractivity contribution in [2.75, 3.05) is 0 Å². The molecule has 0 spiro atoms. The van der Waals surface area contributed by atoms with E-state index in [2.05, 4.69) is 31.2 Å². The Balaban J connectivity index is 2.51. The molecule has 0 heterocycles. The summed E-state index contributed by atoms with van der Waals surface area (Å²) in [6.45, 7) is 2.07. The molecule has 0 amide bonds. The smallest absolute Gasteiger partial charge is 0.100 e. The van der Waals surface area contributed by atoms with Crippen LogP contribution >= 0.6 is 23.2 Å². The molecule has 0 aliphatic carbocycles. The molecule has 0 unspecified atom stereocenters. The third-order valence-corrected chi connectivity index (χ3v) is 3.03. The van der Waals surface area contributed by atoms with Gasteiger partial charge in [-0.25, -0.2) is 0 Å². The number of rotatable bonds is 2. The maximum atomic E-state index is 5.95. The van der Waals surface area contributed by atoms with Crippen LogP contribution < -0.4 is 0 Å². The summed E-state index contributed by atoms with van der Waals surface area (Å²) in [7, 11) is 0. The van der Waals surface area contributed by atoms with Crippen LogP contribution in [0.15, 0.2) is 48.5 Å². The number of benzene rings is 2. The van der Waals surface area contributed by atoms with E-state index >= 15 is 0 Å². The van der Waals surface area contributed by atoms with Crippen molar-refractivity contribution in [2.24, 2.45) is 0 Å². The summed E-state index contributed by atoms with van der Waals surface area (Å²) in [5, 5.41) is 0. The summed E-state index contributed by atoms with van der Waals surface area (Å²) in [5.74, 6) is 0. The third-order valence-electron chi connectivity index (χ3n) is 2.56. The quantitative estimate of drug-likeness (QED) is 0.648. The van der Waals surface area contributed by atoms with E-state index in [0.717, 1.165) is 16.7 Å². The van der Waals surface area contributed by atoms with Gasteiger partial charge in [0.25, 0.3) is 0 Å². The van der Waals surface area contributed by atoms with Crippen molar-refractivity contribution in [3.05, 3.63) is 59.7 Å². The van der Waals surface area contributed by atoms with Gasteiger partial charge in [0.05, 0.1) is 0 Å². The van der Waals surface area contributed by atoms with E-state index in [0.29, 0.717) is 0 Å². The Labute approximate surface area is 106 Å². The minimum absolute atomic E-state index is 0.488. The van der Waals surface area contributed by atoms with E-state index in [1.807, 2.05) is 24.3 Å². The van der Waals surface area contributed by atoms with E-state index in [1.54, 1.807) is 0 Å². The molecule has 0 fully saturated rings. The van der Waals surface area contributed by atoms with Gasteiger partial charge in [-0.1, -0.05) is 54.1 Å². The summed E-state index contributed by atoms with van der Waals surface area (Å²) < 4.78 is 0. The predicted molar refractivity (Wildman–Crippen MR) is 71.1 cm³/mol. The first kappa shape index (κ1) is 11.5. The fourth-order valence-corrected chi connectivity index (χ4v) is 2.06. The summed E-state index contributed by atoms with van der Waals surface area (Å²) >= 11 is 11.9. The molecule has 0 aliphatic rings. The lowest BCUT2D eigenvalue weighted by Gasteiger charge is -2.10. The Hall–Kier alpha value is -0.980. The molecule has 0 bridgehead atoms. The Bertz CT molecular complexity index is 472. The second kappa shape index (κ2) is 4.90. The summed E-state index contributed by atoms with van der Waals surface area (Å²) in [6.07, 6.45) is 0. The van der Waals surface area contributed by atoms with Gasteiger partial charge in [0.1, 0.15) is 4.84 Å². The Morgan fingerprint density at radius 3 is 2.12 bits per heavy atom. The summed E-state index contributed by atoms with van der Waals surface area (Å²) in [5.41, 5.74) is 4.44. The first-order valence-electron chi connectivity index (χ1n) is 5.12. The van der Waals surface area contributed by atoms with E-state index in [4.69, 9.17) is 23.2 Å². The van der Waals surface area contributed by atoms with Gasteiger partial charge < -0.3 is 0 Å². The average molecular weight is 251 g/mol. The summed E-state index contributed by atoms with van der Waals surface area (Å²) in [4.78, 5) is -0.488. The van der Waals surface area contributed by atoms with Crippen molar-refractivity contribution < 1.29 is 0 Å². The number of hydrogen-bond donors (Lipinski definition) is 0. The monoisotopic (exact) mass is 250 g/mol. The molecule has 2 heteroatoms. The van der Waals surface area contributed by atoms with Crippen LogP contribution in [0.1, 0.15) is 16.0 Å². The lowest BCUT2D eigenvalue weighted by Crippen LogP contribution is -1.88. The first-order chi connectivity index (χ1) is 7.68. The van der Waals surface area contributed by atoms with Gasteiger partial charge in [-0.15, -0.1) is 23.2 Å². The van der Waals surface area contributed by atoms with Crippen LogP contribution in [0.25, 0.3) is 11.1 Å². The summed E-state index contributed by atoms with van der Waals surface area (Å²) in [6, 6.07) is 16.3. The van der Waals surface area contributed by atoms with Crippen LogP contribution in [-0.4, -0.2) is 0 Å². The Morgan fingerprint density at radius 2 is 1.50 bits per heavy atom. The fraction of sp³-hybridized carbons (Fsp3) is 0.143. The zero-order valence-corrected chi connectivity index (χ0v) is 10.5. The van der Waals surface area contributed by atoms with E-state index in [9.17, 15) is 0 Å². The topological polar surface area (TPSA) is 0 Å². The number of hydrogen-bond acceptors (Lipinski definition) is 0. The molecule has 2 rings (SSSR count). The molecule has 0 saturated heterocycles. The zero-order valence-electron chi connectivity index (χ0n) is 8.95. The van der Waals surface area contributed by atoms with Gasteiger partial charge >= 0.3 is 0 Å². The average Bonchev–Trinajstić information content (AvgIpc) is 2.30. The highest BCUT2D eigenvalue weighted by Crippen LogP contribution is 2.33.